The minimum Gasteiger partial charge on any atom is -0.381 e. The first-order valence-corrected chi connectivity index (χ1v) is 8.61. The Hall–Kier alpha value is -0.120. The highest BCUT2D eigenvalue weighted by atomic mass is 16.5. The maximum atomic E-state index is 5.62. The van der Waals surface area contributed by atoms with Crippen molar-refractivity contribution in [1.82, 2.24) is 10.2 Å². The molecule has 0 aliphatic carbocycles. The van der Waals surface area contributed by atoms with E-state index in [0.717, 1.165) is 31.6 Å². The first-order chi connectivity index (χ1) is 9.54. The number of piperazine rings is 1. The Morgan fingerprint density at radius 3 is 2.55 bits per heavy atom. The predicted molar refractivity (Wildman–Crippen MR) is 85.0 cm³/mol. The van der Waals surface area contributed by atoms with Gasteiger partial charge < -0.3 is 10.1 Å². The third kappa shape index (κ3) is 3.55. The van der Waals surface area contributed by atoms with Gasteiger partial charge in [-0.25, -0.2) is 0 Å². The van der Waals surface area contributed by atoms with Gasteiger partial charge >= 0.3 is 0 Å². The van der Waals surface area contributed by atoms with Gasteiger partial charge in [-0.05, 0) is 31.1 Å². The van der Waals surface area contributed by atoms with Crippen molar-refractivity contribution >= 4 is 0 Å². The molecule has 20 heavy (non-hydrogen) atoms. The number of hydrogen-bond acceptors (Lipinski definition) is 3. The van der Waals surface area contributed by atoms with Crippen LogP contribution in [0.3, 0.4) is 0 Å². The van der Waals surface area contributed by atoms with E-state index in [2.05, 4.69) is 44.8 Å². The zero-order valence-electron chi connectivity index (χ0n) is 14.1. The van der Waals surface area contributed by atoms with Crippen LogP contribution >= 0.6 is 0 Å². The molecule has 0 aromatic heterocycles. The van der Waals surface area contributed by atoms with Crippen molar-refractivity contribution in [3.8, 4) is 0 Å². The van der Waals surface area contributed by atoms with Gasteiger partial charge in [-0.3, -0.25) is 4.90 Å². The molecule has 3 nitrogen and oxygen atoms in total. The predicted octanol–water partition coefficient (Wildman–Crippen LogP) is 2.76. The summed E-state index contributed by atoms with van der Waals surface area (Å²) in [6, 6.07) is 1.98. The van der Waals surface area contributed by atoms with Crippen LogP contribution in [0.4, 0.5) is 0 Å². The van der Waals surface area contributed by atoms with Gasteiger partial charge in [-0.2, -0.15) is 0 Å². The van der Waals surface area contributed by atoms with Crippen LogP contribution in [0.2, 0.25) is 0 Å². The first kappa shape index (κ1) is 16.3. The van der Waals surface area contributed by atoms with Crippen LogP contribution in [0, 0.1) is 17.8 Å². The van der Waals surface area contributed by atoms with E-state index in [1.807, 2.05) is 0 Å². The number of hydrogen-bond donors (Lipinski definition) is 1. The van der Waals surface area contributed by atoms with E-state index in [4.69, 9.17) is 4.74 Å². The van der Waals surface area contributed by atoms with E-state index in [1.165, 1.54) is 19.4 Å². The second kappa shape index (κ2) is 7.24. The molecule has 0 bridgehead atoms. The molecule has 2 heterocycles. The van der Waals surface area contributed by atoms with Crippen molar-refractivity contribution in [1.29, 1.82) is 0 Å². The molecular formula is C17H34N2O. The Kier molecular flexibility index (Phi) is 5.88. The largest absolute Gasteiger partial charge is 0.381 e. The second-order valence-corrected chi connectivity index (χ2v) is 7.27. The molecule has 118 valence electrons. The van der Waals surface area contributed by atoms with E-state index >= 15 is 0 Å². The number of rotatable bonds is 5. The zero-order valence-corrected chi connectivity index (χ0v) is 14.1. The Balaban J connectivity index is 2.05. The highest BCUT2D eigenvalue weighted by molar-refractivity contribution is 4.93. The molecule has 2 aliphatic rings. The summed E-state index contributed by atoms with van der Waals surface area (Å²) in [5, 5.41) is 3.80. The van der Waals surface area contributed by atoms with Crippen molar-refractivity contribution in [2.24, 2.45) is 17.8 Å². The van der Waals surface area contributed by atoms with Crippen molar-refractivity contribution in [3.05, 3.63) is 0 Å². The fraction of sp³-hybridized carbons (Fsp3) is 1.00. The number of ether oxygens (including phenoxy) is 1. The standard InChI is InChI=1S/C17H34N2O/c1-6-13(4)16-10-19(17(9-18-16)12(2)3)14(5)15-7-8-20-11-15/h12-18H,6-11H2,1-5H3. The van der Waals surface area contributed by atoms with Gasteiger partial charge in [0.2, 0.25) is 0 Å². The van der Waals surface area contributed by atoms with Gasteiger partial charge in [0.1, 0.15) is 0 Å². The van der Waals surface area contributed by atoms with E-state index in [0.29, 0.717) is 24.0 Å². The fourth-order valence-corrected chi connectivity index (χ4v) is 3.77. The SMILES string of the molecule is CCC(C)C1CN(C(C)C2CCOC2)C(C(C)C)CN1. The smallest absolute Gasteiger partial charge is 0.0509 e. The van der Waals surface area contributed by atoms with Crippen molar-refractivity contribution < 1.29 is 4.74 Å². The molecule has 0 amide bonds. The van der Waals surface area contributed by atoms with E-state index in [1.54, 1.807) is 0 Å². The Morgan fingerprint density at radius 2 is 2.00 bits per heavy atom. The van der Waals surface area contributed by atoms with Gasteiger partial charge in [-0.15, -0.1) is 0 Å². The summed E-state index contributed by atoms with van der Waals surface area (Å²) in [7, 11) is 0. The summed E-state index contributed by atoms with van der Waals surface area (Å²) >= 11 is 0. The molecular weight excluding hydrogens is 248 g/mol. The summed E-state index contributed by atoms with van der Waals surface area (Å²) in [5.74, 6) is 2.20. The Labute approximate surface area is 125 Å². The number of nitrogens with one attached hydrogen (secondary N) is 1. The molecule has 2 fully saturated rings. The van der Waals surface area contributed by atoms with Gasteiger partial charge in [-0.1, -0.05) is 34.1 Å². The lowest BCUT2D eigenvalue weighted by Crippen LogP contribution is -2.63. The monoisotopic (exact) mass is 282 g/mol. The average Bonchev–Trinajstić information content (AvgIpc) is 2.99. The highest BCUT2D eigenvalue weighted by Crippen LogP contribution is 2.28. The van der Waals surface area contributed by atoms with Crippen LogP contribution in [0.15, 0.2) is 0 Å². The fourth-order valence-electron chi connectivity index (χ4n) is 3.77. The van der Waals surface area contributed by atoms with Crippen LogP contribution in [-0.2, 0) is 4.74 Å². The molecule has 0 aromatic carbocycles. The molecule has 5 atom stereocenters. The van der Waals surface area contributed by atoms with E-state index in [-0.39, 0.29) is 0 Å². The molecule has 3 heteroatoms. The topological polar surface area (TPSA) is 24.5 Å². The second-order valence-electron chi connectivity index (χ2n) is 7.27. The molecule has 0 spiro atoms. The molecule has 0 saturated carbocycles. The number of nitrogens with zero attached hydrogens (tertiary/aromatic N) is 1. The van der Waals surface area contributed by atoms with Crippen LogP contribution in [-0.4, -0.2) is 49.3 Å². The van der Waals surface area contributed by atoms with Crippen LogP contribution < -0.4 is 5.32 Å². The average molecular weight is 282 g/mol. The van der Waals surface area contributed by atoms with E-state index < -0.39 is 0 Å². The molecule has 1 N–H and O–H groups in total. The quantitative estimate of drug-likeness (QED) is 0.839. The molecule has 0 radical (unpaired) electrons. The summed E-state index contributed by atoms with van der Waals surface area (Å²) in [5.41, 5.74) is 0. The minimum absolute atomic E-state index is 0.651. The van der Waals surface area contributed by atoms with Crippen LogP contribution in [0.1, 0.15) is 47.5 Å². The summed E-state index contributed by atoms with van der Waals surface area (Å²) in [6.45, 7) is 16.1. The van der Waals surface area contributed by atoms with E-state index in [9.17, 15) is 0 Å². The molecule has 0 aromatic rings. The van der Waals surface area contributed by atoms with Gasteiger partial charge in [0.05, 0.1) is 6.61 Å². The maximum Gasteiger partial charge on any atom is 0.0509 e. The minimum atomic E-state index is 0.651. The first-order valence-electron chi connectivity index (χ1n) is 8.61. The Bertz CT molecular complexity index is 289. The normalized spacial score (nSPS) is 35.4. The van der Waals surface area contributed by atoms with Crippen LogP contribution in [0.5, 0.6) is 0 Å². The molecule has 2 saturated heterocycles. The Morgan fingerprint density at radius 1 is 1.25 bits per heavy atom. The van der Waals surface area contributed by atoms with Crippen molar-refractivity contribution in [3.63, 3.8) is 0 Å². The maximum absolute atomic E-state index is 5.62. The van der Waals surface area contributed by atoms with Crippen LogP contribution in [0.25, 0.3) is 0 Å². The molecule has 2 aliphatic heterocycles. The molecule has 2 rings (SSSR count). The van der Waals surface area contributed by atoms with Crippen molar-refractivity contribution in [2.75, 3.05) is 26.3 Å². The summed E-state index contributed by atoms with van der Waals surface area (Å²) in [6.07, 6.45) is 2.50. The molecule has 5 unspecified atom stereocenters. The lowest BCUT2D eigenvalue weighted by atomic mass is 9.88. The third-order valence-electron chi connectivity index (χ3n) is 5.69. The van der Waals surface area contributed by atoms with Gasteiger partial charge in [0, 0.05) is 37.8 Å². The third-order valence-corrected chi connectivity index (χ3v) is 5.69. The van der Waals surface area contributed by atoms with Crippen molar-refractivity contribution in [2.45, 2.75) is 65.6 Å². The zero-order chi connectivity index (χ0) is 14.7. The highest BCUT2D eigenvalue weighted by Gasteiger charge is 2.37. The van der Waals surface area contributed by atoms with Gasteiger partial charge in [0.15, 0.2) is 0 Å². The van der Waals surface area contributed by atoms with Gasteiger partial charge in [0.25, 0.3) is 0 Å². The summed E-state index contributed by atoms with van der Waals surface area (Å²) in [4.78, 5) is 2.79. The summed E-state index contributed by atoms with van der Waals surface area (Å²) < 4.78 is 5.62. The lowest BCUT2D eigenvalue weighted by molar-refractivity contribution is 0.0240. The lowest BCUT2D eigenvalue weighted by Gasteiger charge is -2.48.